The minimum Gasteiger partial charge on any atom is -0.387 e. The van der Waals surface area contributed by atoms with Crippen molar-refractivity contribution in [2.75, 3.05) is 17.8 Å². The molecule has 2 aromatic rings. The number of aromatic nitrogens is 4. The van der Waals surface area contributed by atoms with Crippen LogP contribution >= 0.6 is 26.8 Å². The average molecular weight is 504 g/mol. The van der Waals surface area contributed by atoms with Crippen molar-refractivity contribution in [1.82, 2.24) is 19.5 Å². The van der Waals surface area contributed by atoms with Crippen molar-refractivity contribution in [2.24, 2.45) is 0 Å². The van der Waals surface area contributed by atoms with Crippen LogP contribution < -0.4 is 5.32 Å². The molecule has 2 aromatic heterocycles. The van der Waals surface area contributed by atoms with Crippen molar-refractivity contribution in [3.8, 4) is 0 Å². The Bertz CT molecular complexity index is 1050. The van der Waals surface area contributed by atoms with E-state index in [0.29, 0.717) is 5.82 Å². The molecule has 0 saturated carbocycles. The predicted octanol–water partition coefficient (Wildman–Crippen LogP) is 1.23. The van der Waals surface area contributed by atoms with Gasteiger partial charge in [0.05, 0.1) is 12.9 Å². The molecular weight excluding hydrogens is 483 g/mol. The third-order valence-corrected chi connectivity index (χ3v) is 7.82. The van der Waals surface area contributed by atoms with Crippen LogP contribution in [0.1, 0.15) is 20.1 Å². The van der Waals surface area contributed by atoms with Gasteiger partial charge in [-0.05, 0) is 25.4 Å². The van der Waals surface area contributed by atoms with Crippen LogP contribution in [0, 0.1) is 0 Å². The third-order valence-electron chi connectivity index (χ3n) is 4.19. The summed E-state index contributed by atoms with van der Waals surface area (Å²) >= 11 is 5.96. The molecule has 174 valence electrons. The van der Waals surface area contributed by atoms with Crippen LogP contribution in [0.4, 0.5) is 10.2 Å². The zero-order valence-corrected chi connectivity index (χ0v) is 18.8. The van der Waals surface area contributed by atoms with E-state index in [0.717, 1.165) is 0 Å². The summed E-state index contributed by atoms with van der Waals surface area (Å²) in [7, 11) is -9.54. The summed E-state index contributed by atoms with van der Waals surface area (Å²) in [6, 6.07) is -0.0124. The summed E-state index contributed by atoms with van der Waals surface area (Å²) in [5.74, 6) is -1.10. The molecule has 1 aliphatic heterocycles. The van der Waals surface area contributed by atoms with Gasteiger partial charge in [-0.15, -0.1) is 0 Å². The van der Waals surface area contributed by atoms with Crippen LogP contribution in [0.5, 0.6) is 0 Å². The number of rotatable bonds is 8. The maximum absolute atomic E-state index is 14.8. The molecule has 1 aliphatic rings. The summed E-state index contributed by atoms with van der Waals surface area (Å²) in [6.45, 7) is 2.95. The number of hydrogen-bond acceptors (Lipinski definition) is 9. The molecule has 13 nitrogen and oxygen atoms in total. The number of imidazole rings is 1. The average Bonchev–Trinajstić information content (AvgIpc) is 3.13. The highest BCUT2D eigenvalue weighted by molar-refractivity contribution is 7.70. The van der Waals surface area contributed by atoms with E-state index in [1.165, 1.54) is 10.9 Å². The summed E-state index contributed by atoms with van der Waals surface area (Å²) in [4.78, 5) is 39.4. The fourth-order valence-electron chi connectivity index (χ4n) is 2.98. The first kappa shape index (κ1) is 24.4. The fraction of sp³-hybridized carbons (Fsp3) is 0.643. The number of nitrogens with zero attached hydrogens (tertiary/aromatic N) is 4. The van der Waals surface area contributed by atoms with Crippen LogP contribution in [0.15, 0.2) is 6.33 Å². The predicted molar refractivity (Wildman–Crippen MR) is 107 cm³/mol. The van der Waals surface area contributed by atoms with Gasteiger partial charge in [0.15, 0.2) is 35.3 Å². The summed E-state index contributed by atoms with van der Waals surface area (Å²) in [5.41, 5.74) is 0.406. The standard InChI is InChI=1S/C14H21ClFN5O8P2/c1-6(2)18-11-9-12(20-14(15)19-11)21(4-17-9)13-8(16)10(22)7(29-13)3-28-31(26,27)5-30(23,24)25/h4,6-8,10,13,22H,3,5H2,1-2H3,(H,26,27)(H,18,19,20)(H2,23,24,25)/t7?,8-,10+,13+/m0/s1. The van der Waals surface area contributed by atoms with Crippen molar-refractivity contribution < 1.29 is 42.6 Å². The quantitative estimate of drug-likeness (QED) is 0.256. The van der Waals surface area contributed by atoms with Gasteiger partial charge in [0.1, 0.15) is 12.2 Å². The molecule has 1 saturated heterocycles. The van der Waals surface area contributed by atoms with Gasteiger partial charge in [-0.3, -0.25) is 13.7 Å². The van der Waals surface area contributed by atoms with E-state index in [-0.39, 0.29) is 22.5 Å². The summed E-state index contributed by atoms with van der Waals surface area (Å²) < 4.78 is 48.8. The lowest BCUT2D eigenvalue weighted by Gasteiger charge is -2.18. The molecule has 5 N–H and O–H groups in total. The number of halogens is 2. The molecule has 0 amide bonds. The second kappa shape index (κ2) is 8.97. The van der Waals surface area contributed by atoms with Crippen molar-refractivity contribution >= 4 is 43.8 Å². The van der Waals surface area contributed by atoms with Crippen molar-refractivity contribution in [3.63, 3.8) is 0 Å². The maximum Gasteiger partial charge on any atom is 0.340 e. The smallest absolute Gasteiger partial charge is 0.340 e. The highest BCUT2D eigenvalue weighted by atomic mass is 35.5. The number of aliphatic hydroxyl groups excluding tert-OH is 1. The van der Waals surface area contributed by atoms with E-state index in [2.05, 4.69) is 24.8 Å². The number of nitrogens with one attached hydrogen (secondary N) is 1. The fourth-order valence-corrected chi connectivity index (χ4v) is 5.71. The van der Waals surface area contributed by atoms with Crippen LogP contribution in [-0.4, -0.2) is 76.2 Å². The molecule has 17 heteroatoms. The molecule has 0 radical (unpaired) electrons. The monoisotopic (exact) mass is 503 g/mol. The number of aliphatic hydroxyl groups is 1. The number of alkyl halides is 1. The van der Waals surface area contributed by atoms with Gasteiger partial charge in [0.25, 0.3) is 0 Å². The normalized spacial score (nSPS) is 26.5. The Morgan fingerprint density at radius 3 is 2.65 bits per heavy atom. The molecular formula is C14H21ClFN5O8P2. The third kappa shape index (κ3) is 5.78. The van der Waals surface area contributed by atoms with Crippen molar-refractivity contribution in [1.29, 1.82) is 0 Å². The Balaban J connectivity index is 1.81. The van der Waals surface area contributed by atoms with Crippen LogP contribution in [0.25, 0.3) is 11.2 Å². The zero-order valence-electron chi connectivity index (χ0n) is 16.2. The number of ether oxygens (including phenoxy) is 1. The highest BCUT2D eigenvalue weighted by Gasteiger charge is 2.47. The SMILES string of the molecule is CC(C)Nc1nc(Cl)nc2c1ncn2[C@@H]1OC(COP(=O)(O)CP(=O)(O)O)[C@@H](O)[C@@H]1F. The van der Waals surface area contributed by atoms with Gasteiger partial charge in [0, 0.05) is 6.04 Å². The van der Waals surface area contributed by atoms with Gasteiger partial charge < -0.3 is 34.4 Å². The largest absolute Gasteiger partial charge is 0.387 e. The minimum atomic E-state index is -4.84. The van der Waals surface area contributed by atoms with Gasteiger partial charge in [-0.1, -0.05) is 0 Å². The van der Waals surface area contributed by atoms with E-state index in [9.17, 15) is 23.5 Å². The highest BCUT2D eigenvalue weighted by Crippen LogP contribution is 2.55. The van der Waals surface area contributed by atoms with Gasteiger partial charge in [0.2, 0.25) is 5.28 Å². The van der Waals surface area contributed by atoms with Crippen LogP contribution in [-0.2, 0) is 18.4 Å². The molecule has 2 unspecified atom stereocenters. The number of anilines is 1. The Labute approximate surface area is 180 Å². The lowest BCUT2D eigenvalue weighted by molar-refractivity contribution is -0.0425. The van der Waals surface area contributed by atoms with Crippen molar-refractivity contribution in [3.05, 3.63) is 11.6 Å². The van der Waals surface area contributed by atoms with E-state index < -0.39 is 52.3 Å². The maximum atomic E-state index is 14.8. The Morgan fingerprint density at radius 2 is 2.03 bits per heavy atom. The molecule has 1 fully saturated rings. The van der Waals surface area contributed by atoms with Gasteiger partial charge in [-0.2, -0.15) is 9.97 Å². The topological polar surface area (TPSA) is 189 Å². The van der Waals surface area contributed by atoms with E-state index in [1.807, 2.05) is 13.8 Å². The van der Waals surface area contributed by atoms with Crippen LogP contribution in [0.2, 0.25) is 5.28 Å². The molecule has 3 rings (SSSR count). The van der Waals surface area contributed by atoms with Gasteiger partial charge in [-0.25, -0.2) is 9.37 Å². The second-order valence-electron chi connectivity index (χ2n) is 7.20. The summed E-state index contributed by atoms with van der Waals surface area (Å²) in [6.07, 6.45) is -5.37. The van der Waals surface area contributed by atoms with Crippen LogP contribution in [0.3, 0.4) is 0 Å². The van der Waals surface area contributed by atoms with Gasteiger partial charge >= 0.3 is 15.2 Å². The molecule has 0 spiro atoms. The molecule has 0 aliphatic carbocycles. The van der Waals surface area contributed by atoms with E-state index in [1.54, 1.807) is 0 Å². The Hall–Kier alpha value is -1.21. The molecule has 0 bridgehead atoms. The lowest BCUT2D eigenvalue weighted by atomic mass is 10.1. The second-order valence-corrected chi connectivity index (χ2v) is 11.5. The Morgan fingerprint density at radius 1 is 1.35 bits per heavy atom. The Kier molecular flexibility index (Phi) is 7.07. The first-order valence-electron chi connectivity index (χ1n) is 8.92. The zero-order chi connectivity index (χ0) is 23.1. The summed E-state index contributed by atoms with van der Waals surface area (Å²) in [5, 5.41) is 13.1. The van der Waals surface area contributed by atoms with Crippen molar-refractivity contribution in [2.45, 2.75) is 44.5 Å². The molecule has 31 heavy (non-hydrogen) atoms. The molecule has 0 aromatic carbocycles. The number of fused-ring (bicyclic) bond motifs is 1. The molecule has 3 heterocycles. The molecule has 5 atom stereocenters. The number of hydrogen-bond donors (Lipinski definition) is 5. The first-order valence-corrected chi connectivity index (χ1v) is 12.9. The van der Waals surface area contributed by atoms with E-state index in [4.69, 9.17) is 26.1 Å². The first-order chi connectivity index (χ1) is 14.3. The minimum absolute atomic E-state index is 0.0124. The lowest BCUT2D eigenvalue weighted by Crippen LogP contribution is -2.31. The van der Waals surface area contributed by atoms with E-state index >= 15 is 0 Å².